The van der Waals surface area contributed by atoms with Crippen LogP contribution in [0.5, 0.6) is 0 Å². The Morgan fingerprint density at radius 3 is 2.88 bits per heavy atom. The standard InChI is InChI=1S/C10H11N3O3/c1-6(2)13-5-11-4-8(13)7-3-9(10(14)15)16-12-7/h3-6H,1-2H3,(H,14,15). The number of aromatic carboxylic acids is 1. The molecule has 0 aliphatic heterocycles. The predicted molar refractivity (Wildman–Crippen MR) is 55.1 cm³/mol. The van der Waals surface area contributed by atoms with E-state index in [0.29, 0.717) is 5.69 Å². The quantitative estimate of drug-likeness (QED) is 0.854. The number of carbonyl (C=O) groups is 1. The first kappa shape index (κ1) is 10.4. The molecule has 16 heavy (non-hydrogen) atoms. The van der Waals surface area contributed by atoms with Gasteiger partial charge in [-0.1, -0.05) is 5.16 Å². The van der Waals surface area contributed by atoms with Gasteiger partial charge in [-0.2, -0.15) is 0 Å². The molecule has 0 aliphatic carbocycles. The van der Waals surface area contributed by atoms with E-state index in [2.05, 4.69) is 10.1 Å². The molecule has 2 aromatic rings. The van der Waals surface area contributed by atoms with Crippen molar-refractivity contribution in [3.63, 3.8) is 0 Å². The molecule has 2 rings (SSSR count). The highest BCUT2D eigenvalue weighted by Crippen LogP contribution is 2.21. The monoisotopic (exact) mass is 221 g/mol. The van der Waals surface area contributed by atoms with Gasteiger partial charge in [0, 0.05) is 12.1 Å². The van der Waals surface area contributed by atoms with Crippen molar-refractivity contribution in [3.8, 4) is 11.4 Å². The van der Waals surface area contributed by atoms with E-state index in [0.717, 1.165) is 5.69 Å². The Morgan fingerprint density at radius 1 is 1.56 bits per heavy atom. The van der Waals surface area contributed by atoms with Gasteiger partial charge in [0.15, 0.2) is 0 Å². The van der Waals surface area contributed by atoms with Crippen LogP contribution in [0, 0.1) is 0 Å². The first-order valence-corrected chi connectivity index (χ1v) is 4.82. The van der Waals surface area contributed by atoms with Gasteiger partial charge in [0.25, 0.3) is 0 Å². The number of hydrogen-bond donors (Lipinski definition) is 1. The molecule has 0 saturated carbocycles. The van der Waals surface area contributed by atoms with Crippen LogP contribution in [0.1, 0.15) is 30.4 Å². The van der Waals surface area contributed by atoms with Crippen molar-refractivity contribution in [2.75, 3.05) is 0 Å². The Kier molecular flexibility index (Phi) is 2.47. The smallest absolute Gasteiger partial charge is 0.374 e. The minimum atomic E-state index is -1.13. The molecular weight excluding hydrogens is 210 g/mol. The van der Waals surface area contributed by atoms with E-state index in [9.17, 15) is 4.79 Å². The number of hydrogen-bond acceptors (Lipinski definition) is 4. The highest BCUT2D eigenvalue weighted by molar-refractivity contribution is 5.85. The molecule has 6 nitrogen and oxygen atoms in total. The Hall–Kier alpha value is -2.11. The maximum absolute atomic E-state index is 10.6. The Labute approximate surface area is 91.5 Å². The first-order chi connectivity index (χ1) is 7.59. The van der Waals surface area contributed by atoms with Gasteiger partial charge >= 0.3 is 5.97 Å². The fourth-order valence-corrected chi connectivity index (χ4v) is 1.41. The molecule has 0 spiro atoms. The maximum atomic E-state index is 10.6. The van der Waals surface area contributed by atoms with Crippen LogP contribution in [0.4, 0.5) is 0 Å². The molecule has 0 atom stereocenters. The SMILES string of the molecule is CC(C)n1cncc1-c1cc(C(=O)O)on1. The zero-order chi connectivity index (χ0) is 11.7. The van der Waals surface area contributed by atoms with E-state index in [1.807, 2.05) is 18.4 Å². The van der Waals surface area contributed by atoms with Crippen LogP contribution >= 0.6 is 0 Å². The normalized spacial score (nSPS) is 10.9. The minimum Gasteiger partial charge on any atom is -0.475 e. The van der Waals surface area contributed by atoms with Crippen molar-refractivity contribution >= 4 is 5.97 Å². The second-order valence-corrected chi connectivity index (χ2v) is 3.66. The van der Waals surface area contributed by atoms with Gasteiger partial charge in [-0.05, 0) is 13.8 Å². The third-order valence-corrected chi connectivity index (χ3v) is 2.21. The summed E-state index contributed by atoms with van der Waals surface area (Å²) >= 11 is 0. The predicted octanol–water partition coefficient (Wildman–Crippen LogP) is 1.82. The van der Waals surface area contributed by atoms with Gasteiger partial charge in [-0.15, -0.1) is 0 Å². The van der Waals surface area contributed by atoms with E-state index >= 15 is 0 Å². The molecule has 0 bridgehead atoms. The van der Waals surface area contributed by atoms with Crippen LogP contribution in [0.15, 0.2) is 23.1 Å². The molecule has 0 saturated heterocycles. The lowest BCUT2D eigenvalue weighted by atomic mass is 10.2. The fraction of sp³-hybridized carbons (Fsp3) is 0.300. The van der Waals surface area contributed by atoms with Crippen molar-refractivity contribution in [1.82, 2.24) is 14.7 Å². The van der Waals surface area contributed by atoms with Gasteiger partial charge in [0.05, 0.1) is 18.2 Å². The molecule has 2 aromatic heterocycles. The second kappa shape index (κ2) is 3.80. The van der Waals surface area contributed by atoms with E-state index < -0.39 is 5.97 Å². The maximum Gasteiger partial charge on any atom is 0.374 e. The summed E-state index contributed by atoms with van der Waals surface area (Å²) in [7, 11) is 0. The molecule has 0 amide bonds. The third kappa shape index (κ3) is 1.69. The van der Waals surface area contributed by atoms with E-state index in [4.69, 9.17) is 9.63 Å². The zero-order valence-electron chi connectivity index (χ0n) is 8.91. The summed E-state index contributed by atoms with van der Waals surface area (Å²) in [5.74, 6) is -1.30. The molecule has 0 aliphatic rings. The van der Waals surface area contributed by atoms with Crippen LogP contribution in [-0.4, -0.2) is 25.8 Å². The van der Waals surface area contributed by atoms with Crippen molar-refractivity contribution in [2.45, 2.75) is 19.9 Å². The number of nitrogens with zero attached hydrogens (tertiary/aromatic N) is 3. The van der Waals surface area contributed by atoms with Gasteiger partial charge in [0.1, 0.15) is 5.69 Å². The van der Waals surface area contributed by atoms with Crippen LogP contribution in [-0.2, 0) is 0 Å². The largest absolute Gasteiger partial charge is 0.475 e. The van der Waals surface area contributed by atoms with Crippen LogP contribution in [0.25, 0.3) is 11.4 Å². The Balaban J connectivity index is 2.42. The van der Waals surface area contributed by atoms with Gasteiger partial charge < -0.3 is 14.2 Å². The summed E-state index contributed by atoms with van der Waals surface area (Å²) < 4.78 is 6.59. The van der Waals surface area contributed by atoms with Crippen LogP contribution in [0.2, 0.25) is 0 Å². The molecule has 0 radical (unpaired) electrons. The Bertz CT molecular complexity index is 513. The molecule has 0 aromatic carbocycles. The average molecular weight is 221 g/mol. The second-order valence-electron chi connectivity index (χ2n) is 3.66. The average Bonchev–Trinajstić information content (AvgIpc) is 2.86. The van der Waals surface area contributed by atoms with E-state index in [1.54, 1.807) is 12.5 Å². The van der Waals surface area contributed by atoms with Crippen molar-refractivity contribution in [3.05, 3.63) is 24.4 Å². The molecule has 6 heteroatoms. The zero-order valence-corrected chi connectivity index (χ0v) is 8.91. The van der Waals surface area contributed by atoms with Crippen LogP contribution in [0.3, 0.4) is 0 Å². The van der Waals surface area contributed by atoms with E-state index in [-0.39, 0.29) is 11.8 Å². The molecule has 0 fully saturated rings. The molecule has 2 heterocycles. The lowest BCUT2D eigenvalue weighted by molar-refractivity contribution is 0.0652. The first-order valence-electron chi connectivity index (χ1n) is 4.82. The summed E-state index contributed by atoms with van der Waals surface area (Å²) in [5.41, 5.74) is 1.22. The lowest BCUT2D eigenvalue weighted by Crippen LogP contribution is -2.00. The van der Waals surface area contributed by atoms with Gasteiger partial charge in [-0.3, -0.25) is 0 Å². The number of carboxylic acid groups (broad SMARTS) is 1. The lowest BCUT2D eigenvalue weighted by Gasteiger charge is -2.08. The summed E-state index contributed by atoms with van der Waals surface area (Å²) in [5, 5.41) is 12.4. The third-order valence-electron chi connectivity index (χ3n) is 2.21. The topological polar surface area (TPSA) is 81.2 Å². The minimum absolute atomic E-state index is 0.175. The highest BCUT2D eigenvalue weighted by Gasteiger charge is 2.15. The summed E-state index contributed by atoms with van der Waals surface area (Å²) in [6, 6.07) is 1.61. The number of carboxylic acids is 1. The van der Waals surface area contributed by atoms with Crippen LogP contribution < -0.4 is 0 Å². The van der Waals surface area contributed by atoms with Crippen molar-refractivity contribution in [1.29, 1.82) is 0 Å². The molecule has 1 N–H and O–H groups in total. The summed E-state index contributed by atoms with van der Waals surface area (Å²) in [6.45, 7) is 4.01. The van der Waals surface area contributed by atoms with Crippen molar-refractivity contribution < 1.29 is 14.4 Å². The molecular formula is C10H11N3O3. The highest BCUT2D eigenvalue weighted by atomic mass is 16.5. The number of rotatable bonds is 3. The van der Waals surface area contributed by atoms with E-state index in [1.165, 1.54) is 6.07 Å². The van der Waals surface area contributed by atoms with Crippen molar-refractivity contribution in [2.24, 2.45) is 0 Å². The van der Waals surface area contributed by atoms with Gasteiger partial charge in [0.2, 0.25) is 5.76 Å². The van der Waals surface area contributed by atoms with Gasteiger partial charge in [-0.25, -0.2) is 9.78 Å². The summed E-state index contributed by atoms with van der Waals surface area (Å²) in [4.78, 5) is 14.7. The number of aromatic nitrogens is 3. The molecule has 0 unspecified atom stereocenters. The number of imidazole rings is 1. The fourth-order valence-electron chi connectivity index (χ4n) is 1.41. The molecule has 84 valence electrons. The summed E-state index contributed by atoms with van der Waals surface area (Å²) in [6.07, 6.45) is 3.30. The Morgan fingerprint density at radius 2 is 2.31 bits per heavy atom.